The molecule has 156 valence electrons. The number of amides is 1. The lowest BCUT2D eigenvalue weighted by Crippen LogP contribution is -2.33. The Morgan fingerprint density at radius 1 is 1.17 bits per heavy atom. The zero-order valence-electron chi connectivity index (χ0n) is 16.5. The molecule has 30 heavy (non-hydrogen) atoms. The number of benzene rings is 2. The highest BCUT2D eigenvalue weighted by molar-refractivity contribution is 7.92. The number of carbonyl (C=O) groups is 1. The number of nitrogens with one attached hydrogen (secondary N) is 1. The second-order valence-corrected chi connectivity index (χ2v) is 9.38. The molecular weight excluding hydrogens is 405 g/mol. The van der Waals surface area contributed by atoms with Gasteiger partial charge in [-0.25, -0.2) is 17.8 Å². The number of nitrogens with zero attached hydrogens (tertiary/aromatic N) is 2. The van der Waals surface area contributed by atoms with Crippen molar-refractivity contribution >= 4 is 15.7 Å². The normalized spacial score (nSPS) is 15.0. The summed E-state index contributed by atoms with van der Waals surface area (Å²) in [5.41, 5.74) is 2.30. The average molecular weight is 428 g/mol. The summed E-state index contributed by atoms with van der Waals surface area (Å²) in [4.78, 5) is 16.6. The van der Waals surface area contributed by atoms with E-state index in [-0.39, 0.29) is 17.0 Å². The molecule has 1 atom stereocenters. The molecule has 1 aromatic heterocycles. The average Bonchev–Trinajstić information content (AvgIpc) is 3.45. The van der Waals surface area contributed by atoms with Gasteiger partial charge in [0.2, 0.25) is 20.9 Å². The molecule has 0 unspecified atom stereocenters. The van der Waals surface area contributed by atoms with E-state index in [2.05, 4.69) is 10.3 Å². The van der Waals surface area contributed by atoms with Crippen LogP contribution in [0, 0.1) is 5.82 Å². The van der Waals surface area contributed by atoms with E-state index in [4.69, 9.17) is 0 Å². The predicted molar refractivity (Wildman–Crippen MR) is 111 cm³/mol. The van der Waals surface area contributed by atoms with Gasteiger partial charge in [-0.05, 0) is 43.0 Å². The highest BCUT2D eigenvalue weighted by Crippen LogP contribution is 2.40. The SMILES string of the molecule is C[C@@H](NC(=O)CS(=O)(=O)c1ncc(-c2ccccc2)n1C1CC1)c1ccc(F)cc1. The van der Waals surface area contributed by atoms with Gasteiger partial charge in [0, 0.05) is 6.04 Å². The summed E-state index contributed by atoms with van der Waals surface area (Å²) >= 11 is 0. The lowest BCUT2D eigenvalue weighted by molar-refractivity contribution is -0.119. The Balaban J connectivity index is 1.54. The molecule has 3 aromatic rings. The number of hydrogen-bond acceptors (Lipinski definition) is 4. The van der Waals surface area contributed by atoms with Gasteiger partial charge in [-0.1, -0.05) is 42.5 Å². The summed E-state index contributed by atoms with van der Waals surface area (Å²) in [7, 11) is -3.94. The third-order valence-electron chi connectivity index (χ3n) is 5.09. The molecule has 4 rings (SSSR count). The van der Waals surface area contributed by atoms with Gasteiger partial charge in [0.1, 0.15) is 11.6 Å². The molecule has 1 aliphatic rings. The molecule has 1 heterocycles. The van der Waals surface area contributed by atoms with Crippen molar-refractivity contribution in [3.05, 3.63) is 72.2 Å². The number of sulfone groups is 1. The molecule has 0 radical (unpaired) electrons. The monoisotopic (exact) mass is 427 g/mol. The first kappa shape index (κ1) is 20.3. The molecule has 0 saturated heterocycles. The maximum atomic E-state index is 13.1. The van der Waals surface area contributed by atoms with Crippen LogP contribution >= 0.6 is 0 Å². The molecule has 6 nitrogen and oxygen atoms in total. The van der Waals surface area contributed by atoms with Gasteiger partial charge < -0.3 is 9.88 Å². The molecule has 2 aromatic carbocycles. The lowest BCUT2D eigenvalue weighted by atomic mass is 10.1. The molecule has 8 heteroatoms. The van der Waals surface area contributed by atoms with Crippen molar-refractivity contribution in [2.24, 2.45) is 0 Å². The lowest BCUT2D eigenvalue weighted by Gasteiger charge is -2.15. The first-order valence-electron chi connectivity index (χ1n) is 9.75. The predicted octanol–water partition coefficient (Wildman–Crippen LogP) is 3.68. The van der Waals surface area contributed by atoms with Crippen molar-refractivity contribution in [1.82, 2.24) is 14.9 Å². The zero-order chi connectivity index (χ0) is 21.3. The van der Waals surface area contributed by atoms with E-state index >= 15 is 0 Å². The summed E-state index contributed by atoms with van der Waals surface area (Å²) in [6, 6.07) is 14.8. The zero-order valence-corrected chi connectivity index (χ0v) is 17.3. The fourth-order valence-corrected chi connectivity index (χ4v) is 4.76. The Bertz CT molecular complexity index is 1150. The summed E-state index contributed by atoms with van der Waals surface area (Å²) in [5, 5.41) is 2.59. The third kappa shape index (κ3) is 4.28. The minimum absolute atomic E-state index is 0.0755. The van der Waals surface area contributed by atoms with E-state index in [1.807, 2.05) is 30.3 Å². The van der Waals surface area contributed by atoms with E-state index in [1.165, 1.54) is 12.1 Å². The molecule has 1 fully saturated rings. The van der Waals surface area contributed by atoms with Crippen LogP contribution in [0.15, 0.2) is 66.0 Å². The fourth-order valence-electron chi connectivity index (χ4n) is 3.44. The maximum absolute atomic E-state index is 13.1. The minimum atomic E-state index is -3.94. The van der Waals surface area contributed by atoms with E-state index in [0.717, 1.165) is 24.1 Å². The van der Waals surface area contributed by atoms with Crippen molar-refractivity contribution in [3.63, 3.8) is 0 Å². The van der Waals surface area contributed by atoms with Crippen LogP contribution in [0.2, 0.25) is 0 Å². The summed E-state index contributed by atoms with van der Waals surface area (Å²) in [6.07, 6.45) is 3.32. The number of carbonyl (C=O) groups excluding carboxylic acids is 1. The molecule has 1 amide bonds. The Labute approximate surface area is 174 Å². The number of aromatic nitrogens is 2. The van der Waals surface area contributed by atoms with Gasteiger partial charge in [-0.2, -0.15) is 0 Å². The van der Waals surface area contributed by atoms with Crippen LogP contribution < -0.4 is 5.32 Å². The second-order valence-electron chi connectivity index (χ2n) is 7.49. The van der Waals surface area contributed by atoms with Crippen LogP contribution in [0.25, 0.3) is 11.3 Å². The Morgan fingerprint density at radius 3 is 2.47 bits per heavy atom. The first-order chi connectivity index (χ1) is 14.3. The standard InChI is InChI=1S/C22H22FN3O3S/c1-15(16-7-9-18(23)10-8-16)25-21(27)14-30(28,29)22-24-13-20(26(22)19-11-12-19)17-5-3-2-4-6-17/h2-10,13,15,19H,11-12,14H2,1H3,(H,25,27)/t15-/m1/s1. The van der Waals surface area contributed by atoms with Crippen LogP contribution in [0.5, 0.6) is 0 Å². The topological polar surface area (TPSA) is 81.1 Å². The summed E-state index contributed by atoms with van der Waals surface area (Å²) in [6.45, 7) is 1.72. The number of imidazole rings is 1. The van der Waals surface area contributed by atoms with Crippen molar-refractivity contribution in [3.8, 4) is 11.3 Å². The minimum Gasteiger partial charge on any atom is -0.349 e. The first-order valence-corrected chi connectivity index (χ1v) is 11.4. The number of rotatable bonds is 7. The Kier molecular flexibility index (Phi) is 5.42. The van der Waals surface area contributed by atoms with E-state index in [9.17, 15) is 17.6 Å². The fraction of sp³-hybridized carbons (Fsp3) is 0.273. The van der Waals surface area contributed by atoms with Crippen LogP contribution in [-0.4, -0.2) is 29.6 Å². The molecular formula is C22H22FN3O3S. The van der Waals surface area contributed by atoms with Crippen molar-refractivity contribution in [1.29, 1.82) is 0 Å². The number of halogens is 1. The van der Waals surface area contributed by atoms with Gasteiger partial charge in [0.05, 0.1) is 17.9 Å². The highest BCUT2D eigenvalue weighted by Gasteiger charge is 2.34. The van der Waals surface area contributed by atoms with Crippen LogP contribution in [0.3, 0.4) is 0 Å². The van der Waals surface area contributed by atoms with Crippen molar-refractivity contribution in [2.75, 3.05) is 5.75 Å². The molecule has 0 aliphatic heterocycles. The Hall–Kier alpha value is -3.00. The van der Waals surface area contributed by atoms with Crippen molar-refractivity contribution < 1.29 is 17.6 Å². The molecule has 0 spiro atoms. The summed E-state index contributed by atoms with van der Waals surface area (Å²) < 4.78 is 40.8. The van der Waals surface area contributed by atoms with Gasteiger partial charge in [-0.15, -0.1) is 0 Å². The summed E-state index contributed by atoms with van der Waals surface area (Å²) in [5.74, 6) is -1.70. The molecule has 0 bridgehead atoms. The second kappa shape index (κ2) is 8.02. The largest absolute Gasteiger partial charge is 0.349 e. The molecule has 1 aliphatic carbocycles. The Morgan fingerprint density at radius 2 is 1.83 bits per heavy atom. The van der Waals surface area contributed by atoms with E-state index < -0.39 is 27.5 Å². The highest BCUT2D eigenvalue weighted by atomic mass is 32.2. The third-order valence-corrected chi connectivity index (χ3v) is 6.59. The van der Waals surface area contributed by atoms with E-state index in [1.54, 1.807) is 29.8 Å². The van der Waals surface area contributed by atoms with Gasteiger partial charge in [-0.3, -0.25) is 4.79 Å². The van der Waals surface area contributed by atoms with Gasteiger partial charge in [0.25, 0.3) is 0 Å². The van der Waals surface area contributed by atoms with Crippen molar-refractivity contribution in [2.45, 2.75) is 37.0 Å². The van der Waals surface area contributed by atoms with Crippen LogP contribution in [0.1, 0.15) is 37.4 Å². The van der Waals surface area contributed by atoms with Gasteiger partial charge in [0.15, 0.2) is 0 Å². The van der Waals surface area contributed by atoms with Crippen LogP contribution in [-0.2, 0) is 14.6 Å². The quantitative estimate of drug-likeness (QED) is 0.624. The molecule has 1 saturated carbocycles. The number of hydrogen-bond donors (Lipinski definition) is 1. The van der Waals surface area contributed by atoms with E-state index in [0.29, 0.717) is 5.56 Å². The molecule has 1 N–H and O–H groups in total. The smallest absolute Gasteiger partial charge is 0.236 e. The van der Waals surface area contributed by atoms with Gasteiger partial charge >= 0.3 is 0 Å². The maximum Gasteiger partial charge on any atom is 0.236 e. The van der Waals surface area contributed by atoms with Crippen LogP contribution in [0.4, 0.5) is 4.39 Å².